The first-order valence-electron chi connectivity index (χ1n) is 14.4. The van der Waals surface area contributed by atoms with E-state index in [9.17, 15) is 24.8 Å². The van der Waals surface area contributed by atoms with Crippen LogP contribution in [-0.2, 0) is 19.1 Å². The summed E-state index contributed by atoms with van der Waals surface area (Å²) in [7, 11) is 0. The molecule has 6 nitrogen and oxygen atoms in total. The quantitative estimate of drug-likeness (QED) is 0.482. The highest BCUT2D eigenvalue weighted by Gasteiger charge is 2.76. The molecular weight excluding hydrogens is 478 g/mol. The first-order chi connectivity index (χ1) is 17.6. The number of ketones is 2. The van der Waals surface area contributed by atoms with Gasteiger partial charge in [-0.25, -0.2) is 0 Å². The normalized spacial score (nSPS) is 47.3. The SMILES string of the molecule is CCOC(=O)[C@]12CCC(C)(C)CC1[C@@]1(O)C(=O)C=C3[C@@]4(C)C=C(C#N)C(=O)[C@@H](C)[C@@H]4CC[C@@]3(C)[C@]1(C)CC2. The number of fused-ring (bicyclic) bond motifs is 7. The van der Waals surface area contributed by atoms with E-state index in [0.29, 0.717) is 25.7 Å². The number of rotatable bonds is 2. The van der Waals surface area contributed by atoms with Crippen LogP contribution in [0.3, 0.4) is 0 Å². The van der Waals surface area contributed by atoms with E-state index < -0.39 is 33.2 Å². The summed E-state index contributed by atoms with van der Waals surface area (Å²) < 4.78 is 5.62. The van der Waals surface area contributed by atoms with Crippen molar-refractivity contribution in [3.8, 4) is 6.07 Å². The zero-order chi connectivity index (χ0) is 28.1. The van der Waals surface area contributed by atoms with Crippen LogP contribution in [0.5, 0.6) is 0 Å². The van der Waals surface area contributed by atoms with Crippen LogP contribution in [0.1, 0.15) is 93.4 Å². The first kappa shape index (κ1) is 27.3. The number of ether oxygens (including phenoxy) is 1. The Morgan fingerprint density at radius 2 is 1.76 bits per heavy atom. The number of hydrogen-bond acceptors (Lipinski definition) is 6. The molecule has 0 radical (unpaired) electrons. The fourth-order valence-electron chi connectivity index (χ4n) is 9.88. The first-order valence-corrected chi connectivity index (χ1v) is 14.4. The van der Waals surface area contributed by atoms with E-state index in [0.717, 1.165) is 24.8 Å². The van der Waals surface area contributed by atoms with E-state index in [2.05, 4.69) is 40.7 Å². The van der Waals surface area contributed by atoms with E-state index in [1.165, 1.54) is 0 Å². The lowest BCUT2D eigenvalue weighted by atomic mass is 9.33. The fraction of sp³-hybridized carbons (Fsp3) is 0.750. The van der Waals surface area contributed by atoms with Crippen LogP contribution in [0.4, 0.5) is 0 Å². The number of esters is 1. The molecular formula is C32H43NO5. The highest BCUT2D eigenvalue weighted by atomic mass is 16.5. The summed E-state index contributed by atoms with van der Waals surface area (Å²) >= 11 is 0. The van der Waals surface area contributed by atoms with Gasteiger partial charge >= 0.3 is 5.97 Å². The average molecular weight is 522 g/mol. The minimum Gasteiger partial charge on any atom is -0.466 e. The highest BCUT2D eigenvalue weighted by Crippen LogP contribution is 2.75. The second-order valence-electron chi connectivity index (χ2n) is 14.4. The number of nitriles is 1. The van der Waals surface area contributed by atoms with Gasteiger partial charge in [-0.2, -0.15) is 5.26 Å². The zero-order valence-corrected chi connectivity index (χ0v) is 24.1. The third-order valence-electron chi connectivity index (χ3n) is 12.4. The van der Waals surface area contributed by atoms with Crippen molar-refractivity contribution >= 4 is 17.5 Å². The number of Topliss-reactive ketones (excluding diaryl/α,β-unsaturated/α-hetero) is 1. The molecule has 5 rings (SSSR count). The summed E-state index contributed by atoms with van der Waals surface area (Å²) in [4.78, 5) is 40.9. The standard InChI is InChI=1S/C32H43NO5/c1-8-38-26(36)31-13-11-27(3,4)17-23(31)32(37)24(34)15-22-28(5)16-20(18-33)25(35)19(2)21(28)9-10-29(22,6)30(32,7)12-14-31/h15-16,19,21,23,37H,8-14,17H2,1-7H3/t19-,21-,23?,28-,29+,30-,31-,32+/m0/s1. The molecule has 5 aliphatic rings. The largest absolute Gasteiger partial charge is 0.466 e. The zero-order valence-electron chi connectivity index (χ0n) is 24.1. The summed E-state index contributed by atoms with van der Waals surface area (Å²) in [5, 5.41) is 22.6. The second kappa shape index (κ2) is 8.13. The number of carbonyl (C=O) groups is 3. The summed E-state index contributed by atoms with van der Waals surface area (Å²) in [6.07, 6.45) is 8.10. The number of allylic oxidation sites excluding steroid dienone is 3. The van der Waals surface area contributed by atoms with Crippen molar-refractivity contribution in [3.05, 3.63) is 23.3 Å². The molecule has 6 heteroatoms. The molecule has 0 aromatic rings. The minimum atomic E-state index is -1.71. The molecule has 0 aromatic carbocycles. The van der Waals surface area contributed by atoms with Crippen LogP contribution in [0.15, 0.2) is 23.3 Å². The van der Waals surface area contributed by atoms with Gasteiger partial charge < -0.3 is 9.84 Å². The van der Waals surface area contributed by atoms with Gasteiger partial charge in [-0.3, -0.25) is 14.4 Å². The Kier molecular flexibility index (Phi) is 5.84. The van der Waals surface area contributed by atoms with E-state index in [1.807, 2.05) is 6.92 Å². The number of nitrogens with zero attached hydrogens (tertiary/aromatic N) is 1. The van der Waals surface area contributed by atoms with Crippen molar-refractivity contribution in [1.82, 2.24) is 0 Å². The van der Waals surface area contributed by atoms with Gasteiger partial charge in [0, 0.05) is 22.7 Å². The van der Waals surface area contributed by atoms with E-state index >= 15 is 0 Å². The predicted molar refractivity (Wildman–Crippen MR) is 142 cm³/mol. The fourth-order valence-corrected chi connectivity index (χ4v) is 9.88. The smallest absolute Gasteiger partial charge is 0.312 e. The highest BCUT2D eigenvalue weighted by molar-refractivity contribution is 6.04. The lowest BCUT2D eigenvalue weighted by Crippen LogP contribution is -2.74. The molecule has 0 saturated heterocycles. The van der Waals surface area contributed by atoms with Crippen LogP contribution >= 0.6 is 0 Å². The number of carbonyl (C=O) groups excluding carboxylic acids is 3. The van der Waals surface area contributed by atoms with E-state index in [-0.39, 0.29) is 47.0 Å². The van der Waals surface area contributed by atoms with Crippen LogP contribution in [0.25, 0.3) is 0 Å². The van der Waals surface area contributed by atoms with Crippen LogP contribution in [0, 0.1) is 56.2 Å². The van der Waals surface area contributed by atoms with Crippen molar-refractivity contribution < 1.29 is 24.2 Å². The van der Waals surface area contributed by atoms with E-state index in [1.54, 1.807) is 19.1 Å². The average Bonchev–Trinajstić information content (AvgIpc) is 2.85. The molecule has 8 atom stereocenters. The Labute approximate surface area is 226 Å². The Morgan fingerprint density at radius 3 is 2.39 bits per heavy atom. The van der Waals surface area contributed by atoms with Crippen molar-refractivity contribution in [2.24, 2.45) is 44.8 Å². The van der Waals surface area contributed by atoms with Gasteiger partial charge in [0.05, 0.1) is 17.6 Å². The van der Waals surface area contributed by atoms with Gasteiger partial charge in [-0.1, -0.05) is 47.6 Å². The Balaban J connectivity index is 1.73. The lowest BCUT2D eigenvalue weighted by molar-refractivity contribution is -0.248. The maximum Gasteiger partial charge on any atom is 0.312 e. The molecule has 1 unspecified atom stereocenters. The van der Waals surface area contributed by atoms with Gasteiger partial charge in [0.25, 0.3) is 0 Å². The second-order valence-corrected chi connectivity index (χ2v) is 14.4. The molecule has 0 aromatic heterocycles. The topological polar surface area (TPSA) is 104 Å². The summed E-state index contributed by atoms with van der Waals surface area (Å²) in [6.45, 7) is 14.6. The third-order valence-corrected chi connectivity index (χ3v) is 12.4. The van der Waals surface area contributed by atoms with Gasteiger partial charge in [0.2, 0.25) is 0 Å². The van der Waals surface area contributed by atoms with Crippen LogP contribution < -0.4 is 0 Å². The number of hydrogen-bond donors (Lipinski definition) is 1. The minimum absolute atomic E-state index is 0.00940. The Hall–Kier alpha value is -2.26. The van der Waals surface area contributed by atoms with Crippen molar-refractivity contribution in [2.75, 3.05) is 6.61 Å². The number of aliphatic hydroxyl groups is 1. The van der Waals surface area contributed by atoms with Crippen LogP contribution in [0.2, 0.25) is 0 Å². The van der Waals surface area contributed by atoms with Crippen LogP contribution in [-0.4, -0.2) is 34.9 Å². The van der Waals surface area contributed by atoms with E-state index in [4.69, 9.17) is 4.74 Å². The summed E-state index contributed by atoms with van der Waals surface area (Å²) in [5.41, 5.74) is -3.59. The molecule has 5 aliphatic carbocycles. The molecule has 0 spiro atoms. The molecule has 0 heterocycles. The Bertz CT molecular complexity index is 1220. The lowest BCUT2D eigenvalue weighted by Gasteiger charge is -2.70. The maximum absolute atomic E-state index is 14.4. The molecule has 0 amide bonds. The van der Waals surface area contributed by atoms with Crippen molar-refractivity contribution in [2.45, 2.75) is 99.0 Å². The van der Waals surface area contributed by atoms with Gasteiger partial charge in [0.15, 0.2) is 11.6 Å². The van der Waals surface area contributed by atoms with Crippen molar-refractivity contribution in [3.63, 3.8) is 0 Å². The molecule has 0 bridgehead atoms. The van der Waals surface area contributed by atoms with Gasteiger partial charge in [-0.15, -0.1) is 0 Å². The molecule has 0 aliphatic heterocycles. The maximum atomic E-state index is 14.4. The van der Waals surface area contributed by atoms with Gasteiger partial charge in [-0.05, 0) is 80.3 Å². The molecule has 3 saturated carbocycles. The molecule has 38 heavy (non-hydrogen) atoms. The molecule has 206 valence electrons. The summed E-state index contributed by atoms with van der Waals surface area (Å²) in [6, 6.07) is 2.11. The third kappa shape index (κ3) is 3.06. The summed E-state index contributed by atoms with van der Waals surface area (Å²) in [5.74, 6) is -1.59. The van der Waals surface area contributed by atoms with Gasteiger partial charge in [0.1, 0.15) is 11.7 Å². The predicted octanol–water partition coefficient (Wildman–Crippen LogP) is 5.49. The monoisotopic (exact) mass is 521 g/mol. The molecule has 1 N–H and O–H groups in total. The molecule has 3 fully saturated rings. The Morgan fingerprint density at radius 1 is 1.11 bits per heavy atom. The van der Waals surface area contributed by atoms with Crippen molar-refractivity contribution in [1.29, 1.82) is 5.26 Å².